The Morgan fingerprint density at radius 1 is 1.33 bits per heavy atom. The summed E-state index contributed by atoms with van der Waals surface area (Å²) < 4.78 is 5.30. The third-order valence-electron chi connectivity index (χ3n) is 3.86. The Kier molecular flexibility index (Phi) is 8.83. The van der Waals surface area contributed by atoms with Crippen LogP contribution in [0, 0.1) is 5.92 Å². The molecule has 0 bridgehead atoms. The van der Waals surface area contributed by atoms with Gasteiger partial charge in [-0.25, -0.2) is 0 Å². The number of amides is 1. The zero-order valence-electron chi connectivity index (χ0n) is 13.4. The van der Waals surface area contributed by atoms with E-state index in [9.17, 15) is 4.79 Å². The molecule has 1 rings (SSSR count). The van der Waals surface area contributed by atoms with Crippen LogP contribution < -0.4 is 11.1 Å². The molecular weight excluding hydrogens is 264 g/mol. The van der Waals surface area contributed by atoms with Crippen LogP contribution in [0.1, 0.15) is 58.1 Å². The fourth-order valence-electron chi connectivity index (χ4n) is 2.64. The van der Waals surface area contributed by atoms with Crippen molar-refractivity contribution in [2.45, 2.75) is 64.8 Å². The molecule has 120 valence electrons. The van der Waals surface area contributed by atoms with Crippen molar-refractivity contribution in [3.63, 3.8) is 0 Å². The first kappa shape index (κ1) is 17.8. The molecule has 3 N–H and O–H groups in total. The minimum Gasteiger partial charge on any atom is -0.469 e. The summed E-state index contributed by atoms with van der Waals surface area (Å²) in [5.41, 5.74) is 5.62. The highest BCUT2D eigenvalue weighted by Crippen LogP contribution is 2.17. The van der Waals surface area contributed by atoms with Crippen molar-refractivity contribution in [3.8, 4) is 0 Å². The van der Waals surface area contributed by atoms with Crippen molar-refractivity contribution in [2.24, 2.45) is 11.7 Å². The first-order valence-corrected chi connectivity index (χ1v) is 8.17. The third kappa shape index (κ3) is 7.90. The third-order valence-corrected chi connectivity index (χ3v) is 3.86. The number of aryl methyl sites for hydroxylation is 1. The Hall–Kier alpha value is -1.29. The minimum atomic E-state index is 0.153. The number of hydrogen-bond acceptors (Lipinski definition) is 3. The highest BCUT2D eigenvalue weighted by Gasteiger charge is 2.12. The second-order valence-electron chi connectivity index (χ2n) is 5.86. The van der Waals surface area contributed by atoms with Gasteiger partial charge in [0.05, 0.1) is 6.26 Å². The Morgan fingerprint density at radius 3 is 2.76 bits per heavy atom. The number of furan rings is 1. The van der Waals surface area contributed by atoms with E-state index in [1.807, 2.05) is 19.1 Å². The van der Waals surface area contributed by atoms with Crippen molar-refractivity contribution < 1.29 is 9.21 Å². The Balaban J connectivity index is 2.19. The van der Waals surface area contributed by atoms with E-state index in [0.29, 0.717) is 18.9 Å². The second-order valence-corrected chi connectivity index (χ2v) is 5.86. The van der Waals surface area contributed by atoms with Gasteiger partial charge in [-0.15, -0.1) is 0 Å². The van der Waals surface area contributed by atoms with Gasteiger partial charge in [-0.1, -0.05) is 19.8 Å². The fraction of sp³-hybridized carbons (Fsp3) is 0.706. The number of rotatable bonds is 11. The van der Waals surface area contributed by atoms with Gasteiger partial charge in [-0.3, -0.25) is 4.79 Å². The maximum Gasteiger partial charge on any atom is 0.220 e. The lowest BCUT2D eigenvalue weighted by molar-refractivity contribution is -0.122. The Bertz CT molecular complexity index is 370. The van der Waals surface area contributed by atoms with Crippen molar-refractivity contribution in [2.75, 3.05) is 6.54 Å². The predicted molar refractivity (Wildman–Crippen MR) is 85.9 cm³/mol. The van der Waals surface area contributed by atoms with E-state index in [1.165, 1.54) is 6.42 Å². The van der Waals surface area contributed by atoms with E-state index in [1.54, 1.807) is 6.26 Å². The SMILES string of the molecule is CCCC(CCN)CCC(=O)NC(C)CCc1ccco1. The van der Waals surface area contributed by atoms with Gasteiger partial charge in [0.25, 0.3) is 0 Å². The van der Waals surface area contributed by atoms with Gasteiger partial charge in [0, 0.05) is 18.9 Å². The van der Waals surface area contributed by atoms with Gasteiger partial charge in [-0.05, 0) is 50.8 Å². The lowest BCUT2D eigenvalue weighted by Crippen LogP contribution is -2.33. The molecule has 0 radical (unpaired) electrons. The lowest BCUT2D eigenvalue weighted by atomic mass is 9.94. The molecule has 0 aliphatic heterocycles. The van der Waals surface area contributed by atoms with Gasteiger partial charge in [0.1, 0.15) is 5.76 Å². The molecule has 0 aliphatic carbocycles. The van der Waals surface area contributed by atoms with Crippen molar-refractivity contribution in [3.05, 3.63) is 24.2 Å². The summed E-state index contributed by atoms with van der Waals surface area (Å²) in [6.45, 7) is 4.94. The normalized spacial score (nSPS) is 13.9. The quantitative estimate of drug-likeness (QED) is 0.658. The largest absolute Gasteiger partial charge is 0.469 e. The van der Waals surface area contributed by atoms with Crippen LogP contribution in [-0.4, -0.2) is 18.5 Å². The van der Waals surface area contributed by atoms with E-state index in [2.05, 4.69) is 12.2 Å². The van der Waals surface area contributed by atoms with Crippen molar-refractivity contribution >= 4 is 5.91 Å². The molecule has 0 aromatic carbocycles. The molecule has 1 heterocycles. The molecule has 1 aromatic heterocycles. The summed E-state index contributed by atoms with van der Waals surface area (Å²) in [6, 6.07) is 4.04. The maximum absolute atomic E-state index is 12.0. The van der Waals surface area contributed by atoms with E-state index < -0.39 is 0 Å². The molecule has 0 saturated heterocycles. The standard InChI is InChI=1S/C17H30N2O2/c1-3-5-15(11-12-18)8-10-17(20)19-14(2)7-9-16-6-4-13-21-16/h4,6,13-15H,3,5,7-12,18H2,1-2H3,(H,19,20). The number of hydrogen-bond donors (Lipinski definition) is 2. The molecule has 2 atom stereocenters. The van der Waals surface area contributed by atoms with E-state index >= 15 is 0 Å². The van der Waals surface area contributed by atoms with Gasteiger partial charge in [0.15, 0.2) is 0 Å². The van der Waals surface area contributed by atoms with Crippen LogP contribution >= 0.6 is 0 Å². The number of carbonyl (C=O) groups excluding carboxylic acids is 1. The predicted octanol–water partition coefficient (Wildman–Crippen LogP) is 3.26. The number of nitrogens with one attached hydrogen (secondary N) is 1. The number of nitrogens with two attached hydrogens (primary N) is 1. The Morgan fingerprint density at radius 2 is 2.14 bits per heavy atom. The van der Waals surface area contributed by atoms with E-state index in [-0.39, 0.29) is 11.9 Å². The molecule has 1 aromatic rings. The average molecular weight is 294 g/mol. The summed E-state index contributed by atoms with van der Waals surface area (Å²) in [5.74, 6) is 1.71. The molecule has 0 aliphatic rings. The monoisotopic (exact) mass is 294 g/mol. The van der Waals surface area contributed by atoms with Crippen molar-refractivity contribution in [1.82, 2.24) is 5.32 Å². The van der Waals surface area contributed by atoms with Gasteiger partial charge >= 0.3 is 0 Å². The first-order valence-electron chi connectivity index (χ1n) is 8.17. The second kappa shape index (κ2) is 10.4. The molecule has 4 nitrogen and oxygen atoms in total. The van der Waals surface area contributed by atoms with Crippen LogP contribution in [0.15, 0.2) is 22.8 Å². The molecule has 1 amide bonds. The highest BCUT2D eigenvalue weighted by molar-refractivity contribution is 5.76. The van der Waals surface area contributed by atoms with Crippen molar-refractivity contribution in [1.29, 1.82) is 0 Å². The zero-order chi connectivity index (χ0) is 15.5. The van der Waals surface area contributed by atoms with Crippen LogP contribution in [0.2, 0.25) is 0 Å². The maximum atomic E-state index is 12.0. The van der Waals surface area contributed by atoms with Crippen LogP contribution in [-0.2, 0) is 11.2 Å². The molecule has 0 saturated carbocycles. The van der Waals surface area contributed by atoms with Crippen LogP contribution in [0.4, 0.5) is 0 Å². The average Bonchev–Trinajstić information content (AvgIpc) is 2.96. The zero-order valence-corrected chi connectivity index (χ0v) is 13.4. The lowest BCUT2D eigenvalue weighted by Gasteiger charge is -2.17. The van der Waals surface area contributed by atoms with Crippen LogP contribution in [0.25, 0.3) is 0 Å². The summed E-state index contributed by atoms with van der Waals surface area (Å²) in [5, 5.41) is 3.07. The van der Waals surface area contributed by atoms with Gasteiger partial charge in [-0.2, -0.15) is 0 Å². The minimum absolute atomic E-state index is 0.153. The van der Waals surface area contributed by atoms with E-state index in [0.717, 1.165) is 37.9 Å². The molecule has 2 unspecified atom stereocenters. The van der Waals surface area contributed by atoms with Crippen LogP contribution in [0.5, 0.6) is 0 Å². The van der Waals surface area contributed by atoms with Gasteiger partial charge in [0.2, 0.25) is 5.91 Å². The Labute approximate surface area is 128 Å². The summed E-state index contributed by atoms with van der Waals surface area (Å²) in [6.07, 6.45) is 8.35. The van der Waals surface area contributed by atoms with E-state index in [4.69, 9.17) is 10.2 Å². The summed E-state index contributed by atoms with van der Waals surface area (Å²) in [4.78, 5) is 12.0. The molecule has 4 heteroatoms. The van der Waals surface area contributed by atoms with Gasteiger partial charge < -0.3 is 15.5 Å². The number of carbonyl (C=O) groups is 1. The molecule has 0 fully saturated rings. The topological polar surface area (TPSA) is 68.3 Å². The first-order chi connectivity index (χ1) is 10.2. The molecule has 0 spiro atoms. The summed E-state index contributed by atoms with van der Waals surface area (Å²) in [7, 11) is 0. The fourth-order valence-corrected chi connectivity index (χ4v) is 2.64. The van der Waals surface area contributed by atoms with Crippen LogP contribution in [0.3, 0.4) is 0 Å². The highest BCUT2D eigenvalue weighted by atomic mass is 16.3. The summed E-state index contributed by atoms with van der Waals surface area (Å²) >= 11 is 0. The smallest absolute Gasteiger partial charge is 0.220 e. The molecule has 21 heavy (non-hydrogen) atoms. The molecular formula is C17H30N2O2.